The fourth-order valence-corrected chi connectivity index (χ4v) is 7.34. The first-order valence-electron chi connectivity index (χ1n) is 10.7. The van der Waals surface area contributed by atoms with Crippen LogP contribution in [0.2, 0.25) is 5.02 Å². The molecule has 1 amide bonds. The number of amides is 1. The Morgan fingerprint density at radius 3 is 2.71 bits per heavy atom. The van der Waals surface area contributed by atoms with E-state index in [0.29, 0.717) is 40.7 Å². The number of benzene rings is 2. The summed E-state index contributed by atoms with van der Waals surface area (Å²) in [5.74, 6) is 1.71. The smallest absolute Gasteiger partial charge is 0.266 e. The van der Waals surface area contributed by atoms with E-state index in [0.717, 1.165) is 16.0 Å². The summed E-state index contributed by atoms with van der Waals surface area (Å²) in [6.45, 7) is 1.12. The molecular formula is C22H22ClN3O5S3. The van der Waals surface area contributed by atoms with Crippen LogP contribution in [0, 0.1) is 0 Å². The first kappa shape index (κ1) is 23.7. The van der Waals surface area contributed by atoms with Gasteiger partial charge in [0.05, 0.1) is 15.1 Å². The number of nitrogens with zero attached hydrogens (tertiary/aromatic N) is 3. The number of thioether (sulfide) groups is 1. The normalized spacial score (nSPS) is 18.8. The van der Waals surface area contributed by atoms with Crippen molar-refractivity contribution in [2.24, 2.45) is 4.99 Å². The van der Waals surface area contributed by atoms with Crippen LogP contribution in [0.5, 0.6) is 11.5 Å². The van der Waals surface area contributed by atoms with Gasteiger partial charge in [0, 0.05) is 36.0 Å². The van der Waals surface area contributed by atoms with Crippen molar-refractivity contribution in [1.82, 2.24) is 8.87 Å². The first-order valence-corrected chi connectivity index (χ1v) is 14.7. The summed E-state index contributed by atoms with van der Waals surface area (Å²) in [7, 11) is -3.84. The number of ether oxygens (including phenoxy) is 2. The number of hydrogen-bond donors (Lipinski definition) is 0. The second kappa shape index (κ2) is 9.54. The summed E-state index contributed by atoms with van der Waals surface area (Å²) in [6.07, 6.45) is 3.05. The third-order valence-electron chi connectivity index (χ3n) is 5.81. The topological polar surface area (TPSA) is 90.2 Å². The molecule has 1 fully saturated rings. The molecule has 0 saturated carbocycles. The van der Waals surface area contributed by atoms with Gasteiger partial charge in [-0.1, -0.05) is 22.9 Å². The highest BCUT2D eigenvalue weighted by Gasteiger charge is 2.39. The predicted molar refractivity (Wildman–Crippen MR) is 133 cm³/mol. The second-order valence-electron chi connectivity index (χ2n) is 7.88. The van der Waals surface area contributed by atoms with Gasteiger partial charge in [0.2, 0.25) is 16.8 Å². The molecule has 0 spiro atoms. The van der Waals surface area contributed by atoms with Gasteiger partial charge in [-0.25, -0.2) is 8.42 Å². The van der Waals surface area contributed by atoms with E-state index in [1.807, 2.05) is 23.0 Å². The number of thiazole rings is 1. The SMILES string of the molecule is CSCCn1c(=NC(=O)C2CCCN2S(=O)(=O)c2ccc(Cl)cc2)sc2cc3c(cc21)OCO3. The lowest BCUT2D eigenvalue weighted by atomic mass is 10.2. The zero-order valence-corrected chi connectivity index (χ0v) is 21.5. The highest BCUT2D eigenvalue weighted by molar-refractivity contribution is 7.98. The molecule has 2 aromatic carbocycles. The van der Waals surface area contributed by atoms with E-state index in [-0.39, 0.29) is 18.2 Å². The van der Waals surface area contributed by atoms with Crippen LogP contribution in [0.15, 0.2) is 46.3 Å². The molecule has 1 saturated heterocycles. The fourth-order valence-electron chi connectivity index (χ4n) is 4.13. The number of fused-ring (bicyclic) bond motifs is 2. The Labute approximate surface area is 210 Å². The van der Waals surface area contributed by atoms with E-state index in [1.54, 1.807) is 11.8 Å². The van der Waals surface area contributed by atoms with Crippen LogP contribution in [0.4, 0.5) is 0 Å². The summed E-state index contributed by atoms with van der Waals surface area (Å²) in [4.78, 5) is 18.4. The van der Waals surface area contributed by atoms with Crippen LogP contribution >= 0.6 is 34.7 Å². The zero-order chi connectivity index (χ0) is 23.9. The number of halogens is 1. The standard InChI is InChI=1S/C22H22ClN3O5S3/c1-32-10-9-25-17-11-18-19(31-13-30-18)12-20(17)33-22(25)24-21(27)16-3-2-8-26(16)34(28,29)15-6-4-14(23)5-7-15/h4-7,11-12,16H,2-3,8-10,13H2,1H3. The molecule has 3 heterocycles. The molecule has 0 bridgehead atoms. The van der Waals surface area contributed by atoms with E-state index in [2.05, 4.69) is 4.99 Å². The summed E-state index contributed by atoms with van der Waals surface area (Å²) in [6, 6.07) is 8.95. The molecule has 5 rings (SSSR count). The minimum Gasteiger partial charge on any atom is -0.454 e. The quantitative estimate of drug-likeness (QED) is 0.474. The van der Waals surface area contributed by atoms with Gasteiger partial charge >= 0.3 is 0 Å². The highest BCUT2D eigenvalue weighted by atomic mass is 35.5. The molecule has 180 valence electrons. The van der Waals surface area contributed by atoms with Crippen LogP contribution in [0.3, 0.4) is 0 Å². The van der Waals surface area contributed by atoms with Crippen molar-refractivity contribution in [3.8, 4) is 11.5 Å². The molecule has 0 aliphatic carbocycles. The maximum atomic E-state index is 13.3. The van der Waals surface area contributed by atoms with Crippen molar-refractivity contribution in [2.75, 3.05) is 25.3 Å². The van der Waals surface area contributed by atoms with Crippen LogP contribution < -0.4 is 14.3 Å². The van der Waals surface area contributed by atoms with E-state index >= 15 is 0 Å². The Bertz CT molecular complexity index is 1420. The maximum absolute atomic E-state index is 13.3. The molecule has 2 aliphatic rings. The molecule has 3 aromatic rings. The average Bonchev–Trinajstić information content (AvgIpc) is 3.55. The predicted octanol–water partition coefficient (Wildman–Crippen LogP) is 3.73. The molecule has 0 radical (unpaired) electrons. The lowest BCUT2D eigenvalue weighted by Gasteiger charge is -2.21. The number of aromatic nitrogens is 1. The molecule has 0 N–H and O–H groups in total. The van der Waals surface area contributed by atoms with Crippen molar-refractivity contribution in [3.63, 3.8) is 0 Å². The molecule has 2 aliphatic heterocycles. The molecule has 1 atom stereocenters. The summed E-state index contributed by atoms with van der Waals surface area (Å²) in [5.41, 5.74) is 0.909. The third-order valence-corrected chi connectivity index (χ3v) is 9.62. The van der Waals surface area contributed by atoms with Gasteiger partial charge in [0.1, 0.15) is 6.04 Å². The van der Waals surface area contributed by atoms with E-state index in [9.17, 15) is 13.2 Å². The highest BCUT2D eigenvalue weighted by Crippen LogP contribution is 2.37. The molecule has 1 aromatic heterocycles. The van der Waals surface area contributed by atoms with Crippen LogP contribution in [-0.2, 0) is 21.4 Å². The number of aryl methyl sites for hydroxylation is 1. The van der Waals surface area contributed by atoms with E-state index in [1.165, 1.54) is 39.9 Å². The largest absolute Gasteiger partial charge is 0.454 e. The van der Waals surface area contributed by atoms with E-state index < -0.39 is 22.0 Å². The number of carbonyl (C=O) groups excluding carboxylic acids is 1. The summed E-state index contributed by atoms with van der Waals surface area (Å²) < 4.78 is 41.7. The third kappa shape index (κ3) is 4.35. The van der Waals surface area contributed by atoms with Gasteiger partial charge in [0.25, 0.3) is 5.91 Å². The van der Waals surface area contributed by atoms with Crippen molar-refractivity contribution >= 4 is 60.8 Å². The van der Waals surface area contributed by atoms with Crippen LogP contribution in [-0.4, -0.2) is 54.6 Å². The Hall–Kier alpha value is -2.05. The summed E-state index contributed by atoms with van der Waals surface area (Å²) >= 11 is 8.99. The Kier molecular flexibility index (Phi) is 6.64. The number of sulfonamides is 1. The molecule has 12 heteroatoms. The Morgan fingerprint density at radius 2 is 1.97 bits per heavy atom. The maximum Gasteiger partial charge on any atom is 0.266 e. The number of rotatable bonds is 6. The van der Waals surface area contributed by atoms with Crippen molar-refractivity contribution in [1.29, 1.82) is 0 Å². The van der Waals surface area contributed by atoms with Gasteiger partial charge in [-0.2, -0.15) is 21.1 Å². The Morgan fingerprint density at radius 1 is 1.24 bits per heavy atom. The number of hydrogen-bond acceptors (Lipinski definition) is 7. The minimum absolute atomic E-state index is 0.114. The van der Waals surface area contributed by atoms with Crippen LogP contribution in [0.25, 0.3) is 10.2 Å². The van der Waals surface area contributed by atoms with Gasteiger partial charge < -0.3 is 14.0 Å². The number of carbonyl (C=O) groups is 1. The lowest BCUT2D eigenvalue weighted by molar-refractivity contribution is -0.121. The van der Waals surface area contributed by atoms with Gasteiger partial charge in [0.15, 0.2) is 16.3 Å². The molecule has 1 unspecified atom stereocenters. The van der Waals surface area contributed by atoms with Gasteiger partial charge in [-0.05, 0) is 43.4 Å². The second-order valence-corrected chi connectivity index (χ2v) is 12.2. The lowest BCUT2D eigenvalue weighted by Crippen LogP contribution is -2.40. The van der Waals surface area contributed by atoms with Gasteiger partial charge in [-0.15, -0.1) is 0 Å². The van der Waals surface area contributed by atoms with Gasteiger partial charge in [-0.3, -0.25) is 4.79 Å². The van der Waals surface area contributed by atoms with Crippen molar-refractivity contribution in [2.45, 2.75) is 30.3 Å². The first-order chi connectivity index (χ1) is 16.4. The molecule has 34 heavy (non-hydrogen) atoms. The summed E-state index contributed by atoms with van der Waals surface area (Å²) in [5, 5.41) is 0.448. The van der Waals surface area contributed by atoms with Crippen molar-refractivity contribution < 1.29 is 22.7 Å². The molecular weight excluding hydrogens is 518 g/mol. The van der Waals surface area contributed by atoms with E-state index in [4.69, 9.17) is 21.1 Å². The monoisotopic (exact) mass is 539 g/mol. The fraction of sp³-hybridized carbons (Fsp3) is 0.364. The minimum atomic E-state index is -3.84. The Balaban J connectivity index is 1.52. The van der Waals surface area contributed by atoms with Crippen LogP contribution in [0.1, 0.15) is 12.8 Å². The zero-order valence-electron chi connectivity index (χ0n) is 18.3. The molecule has 8 nitrogen and oxygen atoms in total. The average molecular weight is 540 g/mol. The van der Waals surface area contributed by atoms with Crippen molar-refractivity contribution in [3.05, 3.63) is 46.2 Å².